The molecule has 1 N–H and O–H groups in total. The van der Waals surface area contributed by atoms with E-state index < -0.39 is 15.8 Å². The van der Waals surface area contributed by atoms with Crippen LogP contribution in [0.2, 0.25) is 0 Å². The average Bonchev–Trinajstić information content (AvgIpc) is 2.73. The molecule has 3 rings (SSSR count). The summed E-state index contributed by atoms with van der Waals surface area (Å²) in [6.45, 7) is 1.84. The third-order valence-corrected chi connectivity index (χ3v) is 6.37. The van der Waals surface area contributed by atoms with Crippen molar-refractivity contribution in [1.29, 1.82) is 0 Å². The number of carboxylic acids is 1. The second kappa shape index (κ2) is 9.51. The van der Waals surface area contributed by atoms with Gasteiger partial charge in [0.1, 0.15) is 0 Å². The fourth-order valence-electron chi connectivity index (χ4n) is 3.85. The Kier molecular flexibility index (Phi) is 7.00. The number of nitrogens with zero attached hydrogens (tertiary/aromatic N) is 2. The number of piperidine rings is 1. The molecule has 1 heterocycles. The zero-order chi connectivity index (χ0) is 22.6. The number of hydrogen-bond acceptors (Lipinski definition) is 5. The molecule has 0 aliphatic carbocycles. The number of anilines is 1. The van der Waals surface area contributed by atoms with Crippen LogP contribution in [0.3, 0.4) is 0 Å². The number of carbonyl (C=O) groups is 2. The summed E-state index contributed by atoms with van der Waals surface area (Å²) < 4.78 is 22.8. The van der Waals surface area contributed by atoms with E-state index in [0.717, 1.165) is 11.3 Å². The monoisotopic (exact) mass is 444 g/mol. The molecule has 1 fully saturated rings. The molecule has 7 nitrogen and oxygen atoms in total. The number of carbonyl (C=O) groups excluding carboxylic acids is 1. The van der Waals surface area contributed by atoms with Crippen LogP contribution in [0.5, 0.6) is 0 Å². The molecule has 0 saturated carbocycles. The van der Waals surface area contributed by atoms with Gasteiger partial charge in [-0.1, -0.05) is 24.3 Å². The number of benzene rings is 2. The maximum atomic E-state index is 12.8. The molecule has 0 bridgehead atoms. The smallest absolute Gasteiger partial charge is 0.306 e. The van der Waals surface area contributed by atoms with Crippen molar-refractivity contribution in [3.63, 3.8) is 0 Å². The largest absolute Gasteiger partial charge is 0.481 e. The Balaban J connectivity index is 1.62. The van der Waals surface area contributed by atoms with Crippen molar-refractivity contribution in [2.45, 2.75) is 25.1 Å². The first-order valence-electron chi connectivity index (χ1n) is 10.2. The van der Waals surface area contributed by atoms with E-state index in [1.54, 1.807) is 36.2 Å². The Morgan fingerprint density at radius 1 is 1.06 bits per heavy atom. The number of rotatable bonds is 7. The fraction of sp³-hybridized carbons (Fsp3) is 0.391. The van der Waals surface area contributed by atoms with E-state index in [1.165, 1.54) is 6.26 Å². The first-order valence-corrected chi connectivity index (χ1v) is 12.3. The summed E-state index contributed by atoms with van der Waals surface area (Å²) in [4.78, 5) is 27.7. The van der Waals surface area contributed by atoms with E-state index >= 15 is 0 Å². The van der Waals surface area contributed by atoms with Crippen LogP contribution in [0.25, 0.3) is 0 Å². The summed E-state index contributed by atoms with van der Waals surface area (Å²) in [5.74, 6) is -1.18. The molecule has 166 valence electrons. The van der Waals surface area contributed by atoms with Crippen LogP contribution < -0.4 is 4.90 Å². The van der Waals surface area contributed by atoms with Crippen molar-refractivity contribution >= 4 is 27.4 Å². The molecular weight excluding hydrogens is 416 g/mol. The Labute approximate surface area is 183 Å². The molecule has 31 heavy (non-hydrogen) atoms. The highest BCUT2D eigenvalue weighted by Crippen LogP contribution is 2.24. The van der Waals surface area contributed by atoms with Crippen molar-refractivity contribution < 1.29 is 23.1 Å². The first kappa shape index (κ1) is 22.8. The molecule has 1 aliphatic heterocycles. The third kappa shape index (κ3) is 6.30. The molecule has 0 unspecified atom stereocenters. The summed E-state index contributed by atoms with van der Waals surface area (Å²) in [6, 6.07) is 14.6. The molecule has 2 aromatic carbocycles. The Hall–Kier alpha value is -2.87. The van der Waals surface area contributed by atoms with Crippen LogP contribution in [-0.4, -0.2) is 56.7 Å². The van der Waals surface area contributed by atoms with Crippen LogP contribution in [-0.2, 0) is 26.9 Å². The molecule has 0 spiro atoms. The van der Waals surface area contributed by atoms with Gasteiger partial charge >= 0.3 is 5.97 Å². The second-order valence-corrected chi connectivity index (χ2v) is 10.3. The molecule has 0 radical (unpaired) electrons. The van der Waals surface area contributed by atoms with E-state index in [9.17, 15) is 18.0 Å². The molecule has 1 amide bonds. The van der Waals surface area contributed by atoms with Crippen LogP contribution in [0.4, 0.5) is 5.69 Å². The van der Waals surface area contributed by atoms with Gasteiger partial charge in [0.25, 0.3) is 5.91 Å². The number of sulfone groups is 1. The summed E-state index contributed by atoms with van der Waals surface area (Å²) in [6.07, 6.45) is 2.45. The zero-order valence-corrected chi connectivity index (χ0v) is 18.6. The summed E-state index contributed by atoms with van der Waals surface area (Å²) in [5.41, 5.74) is 3.18. The van der Waals surface area contributed by atoms with Gasteiger partial charge in [0.15, 0.2) is 9.84 Å². The quantitative estimate of drug-likeness (QED) is 0.706. The van der Waals surface area contributed by atoms with Gasteiger partial charge in [-0.2, -0.15) is 0 Å². The van der Waals surface area contributed by atoms with Gasteiger partial charge < -0.3 is 14.9 Å². The van der Waals surface area contributed by atoms with Gasteiger partial charge in [-0.25, -0.2) is 8.42 Å². The van der Waals surface area contributed by atoms with Crippen molar-refractivity contribution in [3.05, 3.63) is 65.2 Å². The van der Waals surface area contributed by atoms with Crippen molar-refractivity contribution in [2.75, 3.05) is 31.3 Å². The minimum Gasteiger partial charge on any atom is -0.481 e. The lowest BCUT2D eigenvalue weighted by Crippen LogP contribution is -2.36. The molecule has 1 saturated heterocycles. The number of amides is 1. The second-order valence-electron chi connectivity index (χ2n) is 8.20. The Bertz CT molecular complexity index is 1040. The minimum atomic E-state index is -3.12. The van der Waals surface area contributed by atoms with Crippen molar-refractivity contribution in [1.82, 2.24) is 4.90 Å². The van der Waals surface area contributed by atoms with Crippen LogP contribution in [0.1, 0.15) is 34.3 Å². The van der Waals surface area contributed by atoms with Gasteiger partial charge in [0.05, 0.1) is 11.7 Å². The predicted octanol–water partition coefficient (Wildman–Crippen LogP) is 2.80. The Morgan fingerprint density at radius 2 is 1.71 bits per heavy atom. The third-order valence-electron chi connectivity index (χ3n) is 5.52. The molecule has 0 atom stereocenters. The predicted molar refractivity (Wildman–Crippen MR) is 120 cm³/mol. The topological polar surface area (TPSA) is 95.0 Å². The van der Waals surface area contributed by atoms with E-state index in [1.807, 2.05) is 24.3 Å². The van der Waals surface area contributed by atoms with E-state index in [2.05, 4.69) is 4.90 Å². The standard InChI is InChI=1S/C23H28N2O5S/c1-24(22(26)19-8-6-17(7-9-19)16-31(2,29)30)15-18-4-3-5-21(14-18)25-12-10-20(11-13-25)23(27)28/h3-9,14,20H,10-13,15-16H2,1-2H3,(H,27,28). The highest BCUT2D eigenvalue weighted by Gasteiger charge is 2.24. The zero-order valence-electron chi connectivity index (χ0n) is 17.8. The highest BCUT2D eigenvalue weighted by molar-refractivity contribution is 7.89. The molecule has 1 aliphatic rings. The lowest BCUT2D eigenvalue weighted by Gasteiger charge is -2.32. The average molecular weight is 445 g/mol. The van der Waals surface area contributed by atoms with E-state index in [-0.39, 0.29) is 17.6 Å². The lowest BCUT2D eigenvalue weighted by atomic mass is 9.96. The molecular formula is C23H28N2O5S. The highest BCUT2D eigenvalue weighted by atomic mass is 32.2. The van der Waals surface area contributed by atoms with Gasteiger partial charge in [0.2, 0.25) is 0 Å². The SMILES string of the molecule is CN(Cc1cccc(N2CCC(C(=O)O)CC2)c1)C(=O)c1ccc(CS(C)(=O)=O)cc1. The van der Waals surface area contributed by atoms with Gasteiger partial charge in [0, 0.05) is 44.2 Å². The number of carboxylic acid groups (broad SMARTS) is 1. The first-order chi connectivity index (χ1) is 14.6. The van der Waals surface area contributed by atoms with Gasteiger partial charge in [-0.3, -0.25) is 9.59 Å². The number of hydrogen-bond donors (Lipinski definition) is 1. The normalized spacial score (nSPS) is 15.0. The van der Waals surface area contributed by atoms with Crippen molar-refractivity contribution in [3.8, 4) is 0 Å². The minimum absolute atomic E-state index is 0.0478. The van der Waals surface area contributed by atoms with Crippen molar-refractivity contribution in [2.24, 2.45) is 5.92 Å². The van der Waals surface area contributed by atoms with E-state index in [0.29, 0.717) is 43.6 Å². The summed E-state index contributed by atoms with van der Waals surface area (Å²) >= 11 is 0. The number of aliphatic carboxylic acids is 1. The molecule has 8 heteroatoms. The van der Waals surface area contributed by atoms with Crippen LogP contribution in [0.15, 0.2) is 48.5 Å². The maximum absolute atomic E-state index is 12.8. The summed E-state index contributed by atoms with van der Waals surface area (Å²) in [5, 5.41) is 9.17. The van der Waals surface area contributed by atoms with Gasteiger partial charge in [-0.15, -0.1) is 0 Å². The molecule has 2 aromatic rings. The maximum Gasteiger partial charge on any atom is 0.306 e. The molecule has 0 aromatic heterocycles. The fourth-order valence-corrected chi connectivity index (χ4v) is 4.65. The lowest BCUT2D eigenvalue weighted by molar-refractivity contribution is -0.142. The Morgan fingerprint density at radius 3 is 2.29 bits per heavy atom. The van der Waals surface area contributed by atoms with Gasteiger partial charge in [-0.05, 0) is 48.2 Å². The summed E-state index contributed by atoms with van der Waals surface area (Å²) in [7, 11) is -1.38. The van der Waals surface area contributed by atoms with E-state index in [4.69, 9.17) is 5.11 Å². The van der Waals surface area contributed by atoms with Crippen LogP contribution in [0, 0.1) is 5.92 Å². The van der Waals surface area contributed by atoms with Crippen LogP contribution >= 0.6 is 0 Å².